The number of rotatable bonds is 3. The molecule has 2 aliphatic rings. The van der Waals surface area contributed by atoms with Crippen molar-refractivity contribution >= 4 is 0 Å². The number of nitrogens with zero attached hydrogens (tertiary/aromatic N) is 2. The quantitative estimate of drug-likeness (QED) is 0.467. The van der Waals surface area contributed by atoms with Crippen molar-refractivity contribution in [2.45, 2.75) is 44.6 Å². The molecule has 1 aliphatic heterocycles. The molecule has 7 heteroatoms. The molecule has 2 heterocycles. The Kier molecular flexibility index (Phi) is 4.58. The van der Waals surface area contributed by atoms with E-state index < -0.39 is 5.41 Å². The Hall–Kier alpha value is -3.26. The minimum absolute atomic E-state index is 0.0612. The number of aryl methyl sites for hydroxylation is 1. The number of hydrogen-bond acceptors (Lipinski definition) is 6. The highest BCUT2D eigenvalue weighted by atomic mass is 16.5. The second kappa shape index (κ2) is 6.97. The number of aromatic amines is 1. The molecular weight excluding hydrogens is 368 g/mol. The summed E-state index contributed by atoms with van der Waals surface area (Å²) < 4.78 is 5.65. The summed E-state index contributed by atoms with van der Waals surface area (Å²) in [6.07, 6.45) is 1.20. The lowest BCUT2D eigenvalue weighted by Gasteiger charge is -2.52. The van der Waals surface area contributed by atoms with E-state index in [1.165, 1.54) is 0 Å². The van der Waals surface area contributed by atoms with Crippen LogP contribution in [0.25, 0.3) is 0 Å². The van der Waals surface area contributed by atoms with E-state index in [4.69, 9.17) is 15.6 Å². The Labute approximate surface area is 168 Å². The number of unbranched alkanes of at least 4 members (excludes halogenated alkanes) is 1. The van der Waals surface area contributed by atoms with Crippen molar-refractivity contribution in [3.8, 4) is 23.8 Å². The number of aromatic nitrogens is 2. The predicted octanol–water partition coefficient (Wildman–Crippen LogP) is 1.82. The van der Waals surface area contributed by atoms with Crippen LogP contribution in [0.5, 0.6) is 5.88 Å². The Morgan fingerprint density at radius 2 is 2.17 bits per heavy atom. The fraction of sp³-hybridized carbons (Fsp3) is 0.364. The monoisotopic (exact) mass is 390 g/mol. The molecule has 0 saturated heterocycles. The summed E-state index contributed by atoms with van der Waals surface area (Å²) >= 11 is 0. The fourth-order valence-electron chi connectivity index (χ4n) is 4.67. The minimum Gasteiger partial charge on any atom is -0.422 e. The number of allylic oxidation sites excluding steroid dienone is 1. The van der Waals surface area contributed by atoms with Gasteiger partial charge in [-0.05, 0) is 36.1 Å². The number of aliphatic hydroxyl groups excluding tert-OH is 2. The molecular formula is C22H22N4O3. The van der Waals surface area contributed by atoms with Gasteiger partial charge < -0.3 is 20.7 Å². The van der Waals surface area contributed by atoms with E-state index in [0.29, 0.717) is 29.9 Å². The third-order valence-electron chi connectivity index (χ3n) is 5.89. The highest BCUT2D eigenvalue weighted by Gasteiger charge is 2.60. The smallest absolute Gasteiger partial charge is 0.222 e. The van der Waals surface area contributed by atoms with E-state index in [1.807, 2.05) is 26.0 Å². The molecule has 0 amide bonds. The molecule has 0 saturated carbocycles. The molecule has 29 heavy (non-hydrogen) atoms. The average Bonchev–Trinajstić information content (AvgIpc) is 3.09. The van der Waals surface area contributed by atoms with E-state index >= 15 is 0 Å². The van der Waals surface area contributed by atoms with E-state index in [9.17, 15) is 10.4 Å². The number of nitrogens with one attached hydrogen (secondary N) is 1. The van der Waals surface area contributed by atoms with Gasteiger partial charge in [-0.25, -0.2) is 5.10 Å². The second-order valence-electron chi connectivity index (χ2n) is 7.39. The van der Waals surface area contributed by atoms with Gasteiger partial charge in [0.2, 0.25) is 11.8 Å². The second-order valence-corrected chi connectivity index (χ2v) is 7.39. The van der Waals surface area contributed by atoms with Crippen molar-refractivity contribution < 1.29 is 14.9 Å². The minimum atomic E-state index is -0.786. The number of hydrogen-bond donors (Lipinski definition) is 4. The first-order chi connectivity index (χ1) is 14.0. The number of ether oxygens (including phenoxy) is 1. The molecule has 148 valence electrons. The molecule has 1 aromatic carbocycles. The molecule has 5 N–H and O–H groups in total. The first kappa shape index (κ1) is 19.1. The van der Waals surface area contributed by atoms with Gasteiger partial charge in [-0.15, -0.1) is 0 Å². The zero-order valence-corrected chi connectivity index (χ0v) is 16.3. The van der Waals surface area contributed by atoms with E-state index in [2.05, 4.69) is 28.1 Å². The van der Waals surface area contributed by atoms with Gasteiger partial charge in [-0.3, -0.25) is 0 Å². The number of nitriles is 1. The van der Waals surface area contributed by atoms with Crippen LogP contribution in [-0.4, -0.2) is 27.0 Å². The summed E-state index contributed by atoms with van der Waals surface area (Å²) in [7, 11) is 0. The van der Waals surface area contributed by atoms with Crippen LogP contribution >= 0.6 is 0 Å². The van der Waals surface area contributed by atoms with E-state index in [0.717, 1.165) is 27.9 Å². The molecule has 4 rings (SSSR count). The first-order valence-corrected chi connectivity index (χ1v) is 9.52. The largest absolute Gasteiger partial charge is 0.422 e. The van der Waals surface area contributed by atoms with Crippen molar-refractivity contribution in [1.29, 1.82) is 5.26 Å². The van der Waals surface area contributed by atoms with Crippen molar-refractivity contribution in [2.24, 2.45) is 5.73 Å². The first-order valence-electron chi connectivity index (χ1n) is 9.52. The van der Waals surface area contributed by atoms with Crippen LogP contribution in [0.4, 0.5) is 0 Å². The molecule has 2 aromatic rings. The Morgan fingerprint density at radius 3 is 2.86 bits per heavy atom. The molecule has 1 aromatic heterocycles. The Balaban J connectivity index is 1.98. The molecule has 1 aliphatic carbocycles. The molecule has 1 spiro atoms. The lowest BCUT2D eigenvalue weighted by Crippen LogP contribution is -2.49. The summed E-state index contributed by atoms with van der Waals surface area (Å²) in [6, 6.07) is 6.06. The van der Waals surface area contributed by atoms with Gasteiger partial charge in [0.15, 0.2) is 0 Å². The van der Waals surface area contributed by atoms with E-state index in [-0.39, 0.29) is 25.0 Å². The lowest BCUT2D eigenvalue weighted by molar-refractivity contribution is 0.280. The zero-order valence-electron chi connectivity index (χ0n) is 16.3. The molecule has 0 radical (unpaired) electrons. The van der Waals surface area contributed by atoms with Crippen molar-refractivity contribution in [3.05, 3.63) is 57.1 Å². The lowest BCUT2D eigenvalue weighted by atomic mass is 9.49. The average molecular weight is 390 g/mol. The summed E-state index contributed by atoms with van der Waals surface area (Å²) in [4.78, 5) is 0. The topological polar surface area (TPSA) is 128 Å². The summed E-state index contributed by atoms with van der Waals surface area (Å²) in [5, 5.41) is 35.9. The van der Waals surface area contributed by atoms with Gasteiger partial charge in [-0.1, -0.05) is 24.8 Å². The fourth-order valence-corrected chi connectivity index (χ4v) is 4.67. The van der Waals surface area contributed by atoms with Crippen LogP contribution in [0.3, 0.4) is 0 Å². The SMILES string of the molecule is Cc1n[nH]c2c1C1(C(C#N)=C(N)O2)c2cc(CO)cc(C#CCCCO)c2C1C. The number of benzene rings is 1. The summed E-state index contributed by atoms with van der Waals surface area (Å²) in [5.41, 5.74) is 10.7. The van der Waals surface area contributed by atoms with E-state index in [1.54, 1.807) is 0 Å². The number of fused-ring (bicyclic) bond motifs is 4. The molecule has 7 nitrogen and oxygen atoms in total. The van der Waals surface area contributed by atoms with Crippen LogP contribution in [0.2, 0.25) is 0 Å². The van der Waals surface area contributed by atoms with Crippen LogP contribution in [0.15, 0.2) is 23.6 Å². The van der Waals surface area contributed by atoms with Gasteiger partial charge in [0.05, 0.1) is 23.3 Å². The maximum absolute atomic E-state index is 9.96. The van der Waals surface area contributed by atoms with Gasteiger partial charge in [0.25, 0.3) is 0 Å². The number of nitrogens with two attached hydrogens (primary N) is 1. The third-order valence-corrected chi connectivity index (χ3v) is 5.89. The van der Waals surface area contributed by atoms with Gasteiger partial charge in [0, 0.05) is 24.5 Å². The van der Waals surface area contributed by atoms with Crippen LogP contribution in [-0.2, 0) is 12.0 Å². The summed E-state index contributed by atoms with van der Waals surface area (Å²) in [5.74, 6) is 6.70. The maximum Gasteiger partial charge on any atom is 0.222 e. The number of aliphatic hydroxyl groups is 2. The van der Waals surface area contributed by atoms with Crippen LogP contribution in [0.1, 0.15) is 59.2 Å². The zero-order chi connectivity index (χ0) is 20.8. The van der Waals surface area contributed by atoms with Gasteiger partial charge in [-0.2, -0.15) is 10.4 Å². The van der Waals surface area contributed by atoms with Gasteiger partial charge >= 0.3 is 0 Å². The van der Waals surface area contributed by atoms with Crippen molar-refractivity contribution in [1.82, 2.24) is 10.2 Å². The van der Waals surface area contributed by atoms with Crippen molar-refractivity contribution in [3.63, 3.8) is 0 Å². The standard InChI is InChI=1S/C22H22N4O3/c1-12-18-15(6-4-3-5-7-27)8-14(11-28)9-16(18)22(12)17(10-23)20(24)29-21-19(22)13(2)25-26-21/h8-9,12,27-28H,3,5,7,11,24H2,1-2H3,(H,25,26). The van der Waals surface area contributed by atoms with Crippen molar-refractivity contribution in [2.75, 3.05) is 6.61 Å². The predicted molar refractivity (Wildman–Crippen MR) is 106 cm³/mol. The van der Waals surface area contributed by atoms with Gasteiger partial charge in [0.1, 0.15) is 11.6 Å². The van der Waals surface area contributed by atoms with Crippen LogP contribution in [0, 0.1) is 30.1 Å². The number of H-pyrrole nitrogens is 1. The maximum atomic E-state index is 9.96. The van der Waals surface area contributed by atoms with Crippen LogP contribution < -0.4 is 10.5 Å². The Morgan fingerprint density at radius 1 is 1.38 bits per heavy atom. The highest BCUT2D eigenvalue weighted by Crippen LogP contribution is 2.64. The summed E-state index contributed by atoms with van der Waals surface area (Å²) in [6.45, 7) is 3.87. The normalized spacial score (nSPS) is 21.4. The molecule has 0 bridgehead atoms. The molecule has 2 atom stereocenters. The third kappa shape index (κ3) is 2.49. The molecule has 2 unspecified atom stereocenters. The Bertz CT molecular complexity index is 1130. The highest BCUT2D eigenvalue weighted by molar-refractivity contribution is 5.74. The molecule has 0 fully saturated rings.